The first-order valence-electron chi connectivity index (χ1n) is 5.22. The van der Waals surface area contributed by atoms with Gasteiger partial charge in [-0.1, -0.05) is 0 Å². The number of rotatable bonds is 4. The van der Waals surface area contributed by atoms with Gasteiger partial charge in [0, 0.05) is 18.4 Å². The van der Waals surface area contributed by atoms with Crippen LogP contribution in [0.25, 0.3) is 0 Å². The first kappa shape index (κ1) is 10.2. The van der Waals surface area contributed by atoms with Gasteiger partial charge in [-0.25, -0.2) is 0 Å². The van der Waals surface area contributed by atoms with Crippen LogP contribution < -0.4 is 5.32 Å². The van der Waals surface area contributed by atoms with Crippen molar-refractivity contribution in [2.24, 2.45) is 0 Å². The van der Waals surface area contributed by atoms with Gasteiger partial charge in [-0.15, -0.1) is 0 Å². The second-order valence-corrected chi connectivity index (χ2v) is 3.81. The Morgan fingerprint density at radius 2 is 2.60 bits per heavy atom. The third-order valence-corrected chi connectivity index (χ3v) is 2.73. The molecule has 1 aliphatic rings. The minimum atomic E-state index is -0.757. The summed E-state index contributed by atoms with van der Waals surface area (Å²) in [7, 11) is 0. The summed E-state index contributed by atoms with van der Waals surface area (Å²) < 4.78 is 1.96. The summed E-state index contributed by atoms with van der Waals surface area (Å²) in [6.07, 6.45) is 3.55. The molecule has 2 rings (SSSR count). The second-order valence-electron chi connectivity index (χ2n) is 3.81. The fourth-order valence-electron chi connectivity index (χ4n) is 1.95. The molecular weight excluding hydrogens is 194 g/mol. The highest BCUT2D eigenvalue weighted by molar-refractivity contribution is 5.66. The number of hydrogen-bond donors (Lipinski definition) is 2. The molecule has 2 heterocycles. The van der Waals surface area contributed by atoms with Gasteiger partial charge >= 0.3 is 5.97 Å². The Balaban J connectivity index is 2.04. The zero-order valence-electron chi connectivity index (χ0n) is 8.52. The van der Waals surface area contributed by atoms with Crippen LogP contribution in [0, 0.1) is 0 Å². The minimum absolute atomic E-state index is 0.172. The zero-order valence-corrected chi connectivity index (χ0v) is 8.52. The molecule has 0 amide bonds. The fraction of sp³-hybridized carbons (Fsp3) is 0.600. The lowest BCUT2D eigenvalue weighted by molar-refractivity contribution is -0.137. The molecule has 1 saturated heterocycles. The van der Waals surface area contributed by atoms with Crippen molar-refractivity contribution in [2.45, 2.75) is 25.3 Å². The van der Waals surface area contributed by atoms with Crippen LogP contribution in [-0.2, 0) is 11.2 Å². The molecule has 0 spiro atoms. The molecule has 15 heavy (non-hydrogen) atoms. The number of carboxylic acids is 1. The first-order valence-corrected chi connectivity index (χ1v) is 5.22. The second kappa shape index (κ2) is 4.44. The average molecular weight is 209 g/mol. The molecule has 1 aliphatic heterocycles. The Kier molecular flexibility index (Phi) is 3.01. The molecule has 1 fully saturated rings. The summed E-state index contributed by atoms with van der Waals surface area (Å²) in [5.74, 6) is -0.757. The molecule has 0 bridgehead atoms. The maximum absolute atomic E-state index is 10.5. The molecular formula is C10H15N3O2. The molecule has 1 aromatic heterocycles. The number of aliphatic carboxylic acids is 1. The van der Waals surface area contributed by atoms with E-state index in [1.165, 1.54) is 0 Å². The molecule has 0 saturated carbocycles. The van der Waals surface area contributed by atoms with Gasteiger partial charge < -0.3 is 10.4 Å². The molecule has 1 aromatic rings. The number of nitrogens with one attached hydrogen (secondary N) is 1. The van der Waals surface area contributed by atoms with Crippen molar-refractivity contribution in [3.8, 4) is 0 Å². The van der Waals surface area contributed by atoms with Crippen molar-refractivity contribution in [1.29, 1.82) is 0 Å². The number of aryl methyl sites for hydroxylation is 1. The fourth-order valence-corrected chi connectivity index (χ4v) is 1.95. The van der Waals surface area contributed by atoms with Crippen molar-refractivity contribution < 1.29 is 9.90 Å². The Bertz CT molecular complexity index is 342. The quantitative estimate of drug-likeness (QED) is 0.755. The van der Waals surface area contributed by atoms with Crippen molar-refractivity contribution in [3.63, 3.8) is 0 Å². The highest BCUT2D eigenvalue weighted by Gasteiger charge is 2.19. The van der Waals surface area contributed by atoms with Crippen LogP contribution >= 0.6 is 0 Å². The summed E-state index contributed by atoms with van der Waals surface area (Å²) in [5.41, 5.74) is 1.02. The van der Waals surface area contributed by atoms with Gasteiger partial charge in [0.25, 0.3) is 0 Å². The molecule has 5 nitrogen and oxygen atoms in total. The number of carbonyl (C=O) groups is 1. The number of aromatic nitrogens is 2. The van der Waals surface area contributed by atoms with Crippen LogP contribution in [0.5, 0.6) is 0 Å². The molecule has 1 unspecified atom stereocenters. The first-order chi connectivity index (χ1) is 7.27. The largest absolute Gasteiger partial charge is 0.481 e. The Labute approximate surface area is 88.1 Å². The summed E-state index contributed by atoms with van der Waals surface area (Å²) >= 11 is 0. The molecule has 0 aliphatic carbocycles. The maximum atomic E-state index is 10.5. The molecule has 5 heteroatoms. The third kappa shape index (κ3) is 2.36. The minimum Gasteiger partial charge on any atom is -0.481 e. The molecule has 0 aromatic carbocycles. The number of nitrogens with zero attached hydrogens (tertiary/aromatic N) is 2. The standard InChI is InChI=1S/C10H15N3O2/c14-10(15)2-1-8-4-6-12-13(8)9-3-5-11-7-9/h4,6,9,11H,1-3,5,7H2,(H,14,15). The van der Waals surface area contributed by atoms with Gasteiger partial charge in [-0.05, 0) is 25.5 Å². The van der Waals surface area contributed by atoms with E-state index in [9.17, 15) is 4.79 Å². The summed E-state index contributed by atoms with van der Waals surface area (Å²) in [6, 6.07) is 2.30. The Hall–Kier alpha value is -1.36. The summed E-state index contributed by atoms with van der Waals surface area (Å²) in [6.45, 7) is 1.95. The lowest BCUT2D eigenvalue weighted by Gasteiger charge is -2.12. The van der Waals surface area contributed by atoms with E-state index in [0.29, 0.717) is 12.5 Å². The highest BCUT2D eigenvalue weighted by atomic mass is 16.4. The number of carboxylic acid groups (broad SMARTS) is 1. The Morgan fingerprint density at radius 1 is 1.73 bits per heavy atom. The van der Waals surface area contributed by atoms with E-state index in [0.717, 1.165) is 25.2 Å². The van der Waals surface area contributed by atoms with Crippen molar-refractivity contribution in [1.82, 2.24) is 15.1 Å². The average Bonchev–Trinajstić information content (AvgIpc) is 2.85. The topological polar surface area (TPSA) is 67.1 Å². The van der Waals surface area contributed by atoms with E-state index in [2.05, 4.69) is 10.4 Å². The highest BCUT2D eigenvalue weighted by Crippen LogP contribution is 2.17. The van der Waals surface area contributed by atoms with Crippen LogP contribution in [0.2, 0.25) is 0 Å². The van der Waals surface area contributed by atoms with Crippen molar-refractivity contribution in [3.05, 3.63) is 18.0 Å². The van der Waals surface area contributed by atoms with Crippen molar-refractivity contribution in [2.75, 3.05) is 13.1 Å². The Morgan fingerprint density at radius 3 is 3.27 bits per heavy atom. The van der Waals surface area contributed by atoms with Crippen LogP contribution in [0.4, 0.5) is 0 Å². The van der Waals surface area contributed by atoms with E-state index >= 15 is 0 Å². The third-order valence-electron chi connectivity index (χ3n) is 2.73. The predicted molar refractivity (Wildman–Crippen MR) is 54.7 cm³/mol. The van der Waals surface area contributed by atoms with Gasteiger partial charge in [-0.2, -0.15) is 5.10 Å². The molecule has 0 radical (unpaired) electrons. The van der Waals surface area contributed by atoms with Crippen molar-refractivity contribution >= 4 is 5.97 Å². The van der Waals surface area contributed by atoms with Crippen LogP contribution in [0.15, 0.2) is 12.3 Å². The van der Waals surface area contributed by atoms with E-state index in [-0.39, 0.29) is 6.42 Å². The SMILES string of the molecule is O=C(O)CCc1ccnn1C1CCNC1. The number of hydrogen-bond acceptors (Lipinski definition) is 3. The normalized spacial score (nSPS) is 20.7. The summed E-state index contributed by atoms with van der Waals surface area (Å²) in [4.78, 5) is 10.5. The van der Waals surface area contributed by atoms with E-state index in [1.54, 1.807) is 6.20 Å². The smallest absolute Gasteiger partial charge is 0.303 e. The van der Waals surface area contributed by atoms with Gasteiger partial charge in [0.05, 0.1) is 12.5 Å². The van der Waals surface area contributed by atoms with Crippen LogP contribution in [-0.4, -0.2) is 33.9 Å². The van der Waals surface area contributed by atoms with E-state index in [1.807, 2.05) is 10.7 Å². The van der Waals surface area contributed by atoms with Crippen LogP contribution in [0.1, 0.15) is 24.6 Å². The summed E-state index contributed by atoms with van der Waals surface area (Å²) in [5, 5.41) is 16.2. The zero-order chi connectivity index (χ0) is 10.7. The lowest BCUT2D eigenvalue weighted by atomic mass is 10.2. The van der Waals surface area contributed by atoms with Crippen LogP contribution in [0.3, 0.4) is 0 Å². The van der Waals surface area contributed by atoms with Gasteiger partial charge in [0.1, 0.15) is 0 Å². The van der Waals surface area contributed by atoms with E-state index < -0.39 is 5.97 Å². The predicted octanol–water partition coefficient (Wildman–Crippen LogP) is 0.435. The molecule has 2 N–H and O–H groups in total. The van der Waals surface area contributed by atoms with E-state index in [4.69, 9.17) is 5.11 Å². The molecule has 82 valence electrons. The van der Waals surface area contributed by atoms with Gasteiger partial charge in [-0.3, -0.25) is 9.48 Å². The molecule has 1 atom stereocenters. The lowest BCUT2D eigenvalue weighted by Crippen LogP contribution is -2.17. The van der Waals surface area contributed by atoms with Gasteiger partial charge in [0.2, 0.25) is 0 Å². The van der Waals surface area contributed by atoms with Gasteiger partial charge in [0.15, 0.2) is 0 Å². The monoisotopic (exact) mass is 209 g/mol. The maximum Gasteiger partial charge on any atom is 0.303 e.